The second kappa shape index (κ2) is 15.4. The number of para-hydroxylation sites is 1. The molecule has 0 heterocycles. The largest absolute Gasteiger partial charge is 0.493 e. The topological polar surface area (TPSA) is 128 Å². The predicted molar refractivity (Wildman–Crippen MR) is 137 cm³/mol. The minimum Gasteiger partial charge on any atom is -0.493 e. The van der Waals surface area contributed by atoms with Crippen molar-refractivity contribution in [2.75, 3.05) is 27.9 Å². The van der Waals surface area contributed by atoms with Crippen LogP contribution in [0.4, 0.5) is 0 Å². The van der Waals surface area contributed by atoms with E-state index in [2.05, 4.69) is 5.32 Å². The highest BCUT2D eigenvalue weighted by Gasteiger charge is 2.29. The summed E-state index contributed by atoms with van der Waals surface area (Å²) in [5, 5.41) is 11.9. The van der Waals surface area contributed by atoms with Crippen molar-refractivity contribution in [2.24, 2.45) is 5.92 Å². The molecule has 0 spiro atoms. The molecule has 0 saturated heterocycles. The van der Waals surface area contributed by atoms with Crippen LogP contribution in [0.15, 0.2) is 48.5 Å². The minimum absolute atomic E-state index is 0.0808. The number of carboxylic acids is 1. The summed E-state index contributed by atoms with van der Waals surface area (Å²) in [7, 11) is 4.44. The van der Waals surface area contributed by atoms with Gasteiger partial charge in [-0.15, -0.1) is 0 Å². The monoisotopic (exact) mass is 513 g/mol. The molecule has 0 aromatic heterocycles. The number of benzene rings is 2. The Morgan fingerprint density at radius 1 is 0.865 bits per heavy atom. The van der Waals surface area contributed by atoms with Crippen molar-refractivity contribution in [3.05, 3.63) is 59.7 Å². The number of aliphatic carboxylic acids is 1. The SMILES string of the molecule is COC[C@H](NC(=O)[C@H](CC(=O)O)CC(=O)CCc1ccccc1)C(=O)CCc1cccc(OC)c1OC. The van der Waals surface area contributed by atoms with Crippen molar-refractivity contribution in [1.29, 1.82) is 0 Å². The lowest BCUT2D eigenvalue weighted by molar-refractivity contribution is -0.142. The Balaban J connectivity index is 2.02. The summed E-state index contributed by atoms with van der Waals surface area (Å²) in [4.78, 5) is 49.9. The van der Waals surface area contributed by atoms with Gasteiger partial charge >= 0.3 is 5.97 Å². The molecule has 1 amide bonds. The number of amides is 1. The molecule has 2 rings (SSSR count). The van der Waals surface area contributed by atoms with Crippen LogP contribution in [0, 0.1) is 5.92 Å². The highest BCUT2D eigenvalue weighted by Crippen LogP contribution is 2.31. The van der Waals surface area contributed by atoms with E-state index in [4.69, 9.17) is 14.2 Å². The molecule has 0 aliphatic heterocycles. The van der Waals surface area contributed by atoms with Gasteiger partial charge in [0, 0.05) is 26.4 Å². The van der Waals surface area contributed by atoms with E-state index in [9.17, 15) is 24.3 Å². The van der Waals surface area contributed by atoms with E-state index < -0.39 is 30.3 Å². The van der Waals surface area contributed by atoms with Gasteiger partial charge in [-0.25, -0.2) is 0 Å². The van der Waals surface area contributed by atoms with E-state index in [1.807, 2.05) is 36.4 Å². The van der Waals surface area contributed by atoms with Crippen LogP contribution in [0.3, 0.4) is 0 Å². The Bertz CT molecular complexity index is 1050. The Morgan fingerprint density at radius 2 is 1.59 bits per heavy atom. The standard InChI is InChI=1S/C28H35NO8/c1-35-18-23(24(31)15-13-20-10-7-11-25(36-2)27(20)37-3)29-28(34)21(17-26(32)33)16-22(30)14-12-19-8-5-4-6-9-19/h4-11,21,23H,12-18H2,1-3H3,(H,29,34)(H,32,33)/t21-,23-/m0/s1. The molecule has 2 atom stereocenters. The number of Topliss-reactive ketones (excluding diaryl/α,β-unsaturated/α-hetero) is 2. The van der Waals surface area contributed by atoms with Crippen molar-refractivity contribution in [1.82, 2.24) is 5.32 Å². The summed E-state index contributed by atoms with van der Waals surface area (Å²) in [6.45, 7) is -0.0818. The molecule has 0 saturated carbocycles. The number of carbonyl (C=O) groups is 4. The Labute approximate surface area is 217 Å². The van der Waals surface area contributed by atoms with Gasteiger partial charge in [0.05, 0.1) is 33.2 Å². The van der Waals surface area contributed by atoms with Gasteiger partial charge in [0.15, 0.2) is 17.3 Å². The van der Waals surface area contributed by atoms with Gasteiger partial charge in [-0.3, -0.25) is 19.2 Å². The molecule has 200 valence electrons. The first-order valence-electron chi connectivity index (χ1n) is 12.1. The van der Waals surface area contributed by atoms with Gasteiger partial charge < -0.3 is 24.6 Å². The zero-order valence-electron chi connectivity index (χ0n) is 21.5. The van der Waals surface area contributed by atoms with Crippen molar-refractivity contribution in [3.63, 3.8) is 0 Å². The van der Waals surface area contributed by atoms with Gasteiger partial charge in [-0.05, 0) is 30.0 Å². The highest BCUT2D eigenvalue weighted by molar-refractivity contribution is 5.93. The van der Waals surface area contributed by atoms with E-state index in [1.165, 1.54) is 21.3 Å². The van der Waals surface area contributed by atoms with Crippen molar-refractivity contribution < 1.29 is 38.5 Å². The number of ether oxygens (including phenoxy) is 3. The molecular weight excluding hydrogens is 478 g/mol. The number of hydrogen-bond donors (Lipinski definition) is 2. The molecule has 0 aliphatic carbocycles. The highest BCUT2D eigenvalue weighted by atomic mass is 16.5. The second-order valence-electron chi connectivity index (χ2n) is 8.66. The van der Waals surface area contributed by atoms with Gasteiger partial charge in [0.1, 0.15) is 11.8 Å². The number of nitrogens with one attached hydrogen (secondary N) is 1. The number of rotatable bonds is 17. The average Bonchev–Trinajstić information content (AvgIpc) is 2.89. The fourth-order valence-corrected chi connectivity index (χ4v) is 4.03. The smallest absolute Gasteiger partial charge is 0.304 e. The Hall–Kier alpha value is -3.72. The molecule has 37 heavy (non-hydrogen) atoms. The number of aryl methyl sites for hydroxylation is 2. The maximum absolute atomic E-state index is 13.0. The fraction of sp³-hybridized carbons (Fsp3) is 0.429. The van der Waals surface area contributed by atoms with Gasteiger partial charge in [0.25, 0.3) is 0 Å². The normalized spacial score (nSPS) is 12.3. The molecule has 0 aliphatic rings. The number of hydrogen-bond acceptors (Lipinski definition) is 7. The molecule has 2 aromatic rings. The fourth-order valence-electron chi connectivity index (χ4n) is 4.03. The summed E-state index contributed by atoms with van der Waals surface area (Å²) in [6, 6.07) is 13.8. The van der Waals surface area contributed by atoms with E-state index >= 15 is 0 Å². The van der Waals surface area contributed by atoms with Crippen LogP contribution in [-0.4, -0.2) is 62.5 Å². The van der Waals surface area contributed by atoms with Gasteiger partial charge in [-0.1, -0.05) is 42.5 Å². The molecular formula is C28H35NO8. The third-order valence-corrected chi connectivity index (χ3v) is 5.96. The van der Waals surface area contributed by atoms with Crippen LogP contribution >= 0.6 is 0 Å². The zero-order chi connectivity index (χ0) is 27.2. The maximum Gasteiger partial charge on any atom is 0.304 e. The first-order valence-corrected chi connectivity index (χ1v) is 12.1. The molecule has 0 unspecified atom stereocenters. The van der Waals surface area contributed by atoms with Gasteiger partial charge in [0.2, 0.25) is 5.91 Å². The lowest BCUT2D eigenvalue weighted by atomic mass is 9.94. The summed E-state index contributed by atoms with van der Waals surface area (Å²) in [5.41, 5.74) is 1.75. The zero-order valence-corrected chi connectivity index (χ0v) is 21.5. The first kappa shape index (κ1) is 29.5. The van der Waals surface area contributed by atoms with Crippen LogP contribution in [0.1, 0.15) is 36.8 Å². The summed E-state index contributed by atoms with van der Waals surface area (Å²) >= 11 is 0. The van der Waals surface area contributed by atoms with Crippen LogP contribution in [-0.2, 0) is 36.8 Å². The lowest BCUT2D eigenvalue weighted by Gasteiger charge is -2.21. The van der Waals surface area contributed by atoms with Crippen LogP contribution in [0.5, 0.6) is 11.5 Å². The Morgan fingerprint density at radius 3 is 2.22 bits per heavy atom. The summed E-state index contributed by atoms with van der Waals surface area (Å²) in [5.74, 6) is -2.38. The predicted octanol–water partition coefficient (Wildman–Crippen LogP) is 3.02. The molecule has 0 bridgehead atoms. The summed E-state index contributed by atoms with van der Waals surface area (Å²) in [6.07, 6.45) is 0.372. The molecule has 0 fully saturated rings. The molecule has 2 aromatic carbocycles. The molecule has 9 nitrogen and oxygen atoms in total. The number of ketones is 2. The second-order valence-corrected chi connectivity index (χ2v) is 8.66. The molecule has 2 N–H and O–H groups in total. The van der Waals surface area contributed by atoms with Crippen LogP contribution in [0.25, 0.3) is 0 Å². The van der Waals surface area contributed by atoms with E-state index in [-0.39, 0.29) is 37.4 Å². The average molecular weight is 514 g/mol. The van der Waals surface area contributed by atoms with E-state index in [1.54, 1.807) is 12.1 Å². The van der Waals surface area contributed by atoms with Crippen LogP contribution < -0.4 is 14.8 Å². The lowest BCUT2D eigenvalue weighted by Crippen LogP contribution is -2.47. The number of methoxy groups -OCH3 is 3. The van der Waals surface area contributed by atoms with Crippen molar-refractivity contribution >= 4 is 23.4 Å². The molecule has 0 radical (unpaired) electrons. The van der Waals surface area contributed by atoms with E-state index in [0.717, 1.165) is 11.1 Å². The Kier molecular flexibility index (Phi) is 12.3. The third kappa shape index (κ3) is 9.69. The van der Waals surface area contributed by atoms with Gasteiger partial charge in [-0.2, -0.15) is 0 Å². The minimum atomic E-state index is -1.20. The molecule has 9 heteroatoms. The number of carboxylic acid groups (broad SMARTS) is 1. The van der Waals surface area contributed by atoms with Crippen molar-refractivity contribution in [2.45, 2.75) is 44.6 Å². The number of carbonyl (C=O) groups excluding carboxylic acids is 3. The quantitative estimate of drug-likeness (QED) is 0.330. The van der Waals surface area contributed by atoms with Crippen LogP contribution in [0.2, 0.25) is 0 Å². The van der Waals surface area contributed by atoms with Crippen molar-refractivity contribution in [3.8, 4) is 11.5 Å². The maximum atomic E-state index is 13.0. The third-order valence-electron chi connectivity index (χ3n) is 5.96. The first-order chi connectivity index (χ1) is 17.8. The summed E-state index contributed by atoms with van der Waals surface area (Å²) < 4.78 is 15.8. The van der Waals surface area contributed by atoms with E-state index in [0.29, 0.717) is 24.3 Å².